The van der Waals surface area contributed by atoms with Crippen LogP contribution in [0.4, 0.5) is 0 Å². The molecular weight excluding hydrogens is 861 g/mol. The number of hydrogen-bond donors (Lipinski definition) is 0. The van der Waals surface area contributed by atoms with Crippen LogP contribution in [0.3, 0.4) is 0 Å². The molecule has 5 nitrogen and oxygen atoms in total. The molecule has 0 rings (SSSR count). The van der Waals surface area contributed by atoms with Gasteiger partial charge in [-0.15, -0.1) is 0 Å². The molecule has 0 N–H and O–H groups in total. The Balaban J connectivity index is 4.47. The van der Waals surface area contributed by atoms with Gasteiger partial charge in [-0.1, -0.05) is 230 Å². The van der Waals surface area contributed by atoms with Crippen molar-refractivity contribution in [3.05, 3.63) is 158 Å². The third kappa shape index (κ3) is 56.1. The topological polar surface area (TPSA) is 61.8 Å². The van der Waals surface area contributed by atoms with Crippen molar-refractivity contribution in [1.29, 1.82) is 0 Å². The maximum absolute atomic E-state index is 12.9. The number of carbonyl (C=O) groups is 2. The molecule has 0 saturated carbocycles. The third-order valence-corrected chi connectivity index (χ3v) is 11.1. The van der Waals surface area contributed by atoms with Crippen molar-refractivity contribution in [3.63, 3.8) is 0 Å². The summed E-state index contributed by atoms with van der Waals surface area (Å²) in [6.45, 7) is 7.23. The summed E-state index contributed by atoms with van der Waals surface area (Å²) in [5.74, 6) is -0.482. The predicted molar refractivity (Wildman–Crippen MR) is 306 cm³/mol. The average molecular weight is 964 g/mol. The quantitative estimate of drug-likeness (QED) is 0.0345. The highest BCUT2D eigenvalue weighted by Gasteiger charge is 2.17. The van der Waals surface area contributed by atoms with E-state index in [1.165, 1.54) is 38.5 Å². The van der Waals surface area contributed by atoms with Crippen LogP contribution in [0.5, 0.6) is 0 Å². The molecule has 0 aromatic heterocycles. The minimum atomic E-state index is -0.603. The number of ether oxygens (including phenoxy) is 3. The van der Waals surface area contributed by atoms with Gasteiger partial charge in [-0.25, -0.2) is 0 Å². The van der Waals surface area contributed by atoms with Crippen LogP contribution < -0.4 is 0 Å². The van der Waals surface area contributed by atoms with Crippen LogP contribution in [0.1, 0.15) is 213 Å². The predicted octanol–water partition coefficient (Wildman–Crippen LogP) is 19.5. The lowest BCUT2D eigenvalue weighted by Crippen LogP contribution is -2.30. The van der Waals surface area contributed by atoms with Gasteiger partial charge in [-0.05, 0) is 128 Å². The summed E-state index contributed by atoms with van der Waals surface area (Å²) in [7, 11) is 0. The summed E-state index contributed by atoms with van der Waals surface area (Å²) < 4.78 is 17.3. The maximum Gasteiger partial charge on any atom is 0.306 e. The number of hydrogen-bond acceptors (Lipinski definition) is 5. The van der Waals surface area contributed by atoms with E-state index in [1.807, 2.05) is 0 Å². The molecule has 392 valence electrons. The van der Waals surface area contributed by atoms with Crippen molar-refractivity contribution < 1.29 is 23.8 Å². The van der Waals surface area contributed by atoms with Crippen molar-refractivity contribution in [3.8, 4) is 0 Å². The Morgan fingerprint density at radius 3 is 0.957 bits per heavy atom. The van der Waals surface area contributed by atoms with E-state index >= 15 is 0 Å². The first-order valence-corrected chi connectivity index (χ1v) is 28.0. The van der Waals surface area contributed by atoms with E-state index < -0.39 is 6.10 Å². The second-order valence-electron chi connectivity index (χ2n) is 17.7. The SMILES string of the molecule is CC/C=C\C/C=C\C/C=C\C/C=C\C/C=C\CCOCC(COC(=O)CCCCCCCC/C=C\C/C=C\C/C=C\C/C=C\CC)OC(=O)CCCCCCCC/C=C\C/C=C\C/C=C\C/C=C\CC. The van der Waals surface area contributed by atoms with Crippen LogP contribution in [0.2, 0.25) is 0 Å². The minimum absolute atomic E-state index is 0.0306. The van der Waals surface area contributed by atoms with E-state index in [1.54, 1.807) is 0 Å². The summed E-state index contributed by atoms with van der Waals surface area (Å²) in [5.41, 5.74) is 0. The Bertz CT molecular complexity index is 1560. The van der Waals surface area contributed by atoms with Gasteiger partial charge < -0.3 is 14.2 Å². The molecule has 0 spiro atoms. The van der Waals surface area contributed by atoms with Crippen molar-refractivity contribution >= 4 is 11.9 Å². The Morgan fingerprint density at radius 2 is 0.600 bits per heavy atom. The fourth-order valence-electron chi connectivity index (χ4n) is 7.03. The second kappa shape index (κ2) is 58.8. The van der Waals surface area contributed by atoms with E-state index in [2.05, 4.69) is 179 Å². The molecule has 0 fully saturated rings. The van der Waals surface area contributed by atoms with Gasteiger partial charge in [-0.3, -0.25) is 9.59 Å². The summed E-state index contributed by atoms with van der Waals surface area (Å²) in [4.78, 5) is 25.5. The highest BCUT2D eigenvalue weighted by atomic mass is 16.6. The Kier molecular flexibility index (Phi) is 55.1. The van der Waals surface area contributed by atoms with E-state index in [-0.39, 0.29) is 25.2 Å². The van der Waals surface area contributed by atoms with Crippen molar-refractivity contribution in [2.24, 2.45) is 0 Å². The van der Waals surface area contributed by atoms with Crippen molar-refractivity contribution in [2.45, 2.75) is 219 Å². The lowest BCUT2D eigenvalue weighted by Gasteiger charge is -2.18. The van der Waals surface area contributed by atoms with Gasteiger partial charge in [0.1, 0.15) is 6.61 Å². The molecule has 0 aromatic rings. The van der Waals surface area contributed by atoms with E-state index in [0.29, 0.717) is 19.4 Å². The number of allylic oxidation sites excluding steroid dienone is 25. The highest BCUT2D eigenvalue weighted by molar-refractivity contribution is 5.70. The third-order valence-electron chi connectivity index (χ3n) is 11.1. The molecule has 0 aliphatic heterocycles. The molecule has 0 amide bonds. The van der Waals surface area contributed by atoms with Crippen LogP contribution in [0.25, 0.3) is 0 Å². The monoisotopic (exact) mass is 963 g/mol. The Morgan fingerprint density at radius 1 is 0.314 bits per heavy atom. The van der Waals surface area contributed by atoms with Crippen LogP contribution >= 0.6 is 0 Å². The zero-order chi connectivity index (χ0) is 50.6. The zero-order valence-electron chi connectivity index (χ0n) is 45.0. The summed E-state index contributed by atoms with van der Waals surface area (Å²) in [6.07, 6.45) is 87.1. The maximum atomic E-state index is 12.9. The molecule has 70 heavy (non-hydrogen) atoms. The first-order chi connectivity index (χ1) is 34.6. The summed E-state index contributed by atoms with van der Waals surface area (Å²) in [6, 6.07) is 0. The van der Waals surface area contributed by atoms with E-state index in [0.717, 1.165) is 141 Å². The fraction of sp³-hybridized carbons (Fsp3) is 0.569. The molecular formula is C65H102O5. The highest BCUT2D eigenvalue weighted by Crippen LogP contribution is 2.13. The first kappa shape index (κ1) is 65.5. The molecule has 5 heteroatoms. The Labute approximate surface area is 431 Å². The average Bonchev–Trinajstić information content (AvgIpc) is 3.36. The van der Waals surface area contributed by atoms with Gasteiger partial charge in [0.05, 0.1) is 13.2 Å². The van der Waals surface area contributed by atoms with Crippen LogP contribution in [0, 0.1) is 0 Å². The van der Waals surface area contributed by atoms with E-state index in [4.69, 9.17) is 14.2 Å². The number of rotatable bonds is 49. The second-order valence-corrected chi connectivity index (χ2v) is 17.7. The molecule has 1 atom stereocenters. The minimum Gasteiger partial charge on any atom is -0.462 e. The summed E-state index contributed by atoms with van der Waals surface area (Å²) in [5, 5.41) is 0. The van der Waals surface area contributed by atoms with Gasteiger partial charge in [0, 0.05) is 12.8 Å². The lowest BCUT2D eigenvalue weighted by molar-refractivity contribution is -0.162. The Hall–Kier alpha value is -4.48. The summed E-state index contributed by atoms with van der Waals surface area (Å²) >= 11 is 0. The number of unbranched alkanes of at least 4 members (excludes halogenated alkanes) is 12. The van der Waals surface area contributed by atoms with Gasteiger partial charge in [0.2, 0.25) is 0 Å². The molecule has 1 unspecified atom stereocenters. The molecule has 0 bridgehead atoms. The molecule has 0 aliphatic carbocycles. The molecule has 0 heterocycles. The fourth-order valence-corrected chi connectivity index (χ4v) is 7.03. The lowest BCUT2D eigenvalue weighted by atomic mass is 10.1. The standard InChI is InChI=1S/C65H102O5/c1-4-7-10-13-16-19-22-25-28-31-33-35-37-40-43-46-49-52-55-58-64(66)69-62-63(61-68-60-57-54-51-48-45-42-39-30-27-24-21-18-15-12-9-6-3)70-65(67)59-56-53-50-47-44-41-38-36-34-32-29-26-23-20-17-14-11-8-5-2/h7-12,16-21,25-30,33-36,42,45,51,54,63H,4-6,13-15,22-24,31-32,37-41,43-44,46-50,52-53,55-62H2,1-3H3/b10-7-,11-8-,12-9-,19-16-,20-17-,21-18-,28-25-,29-26-,30-27-,35-33-,36-34-,45-42-,54-51-. The molecule has 0 saturated heterocycles. The smallest absolute Gasteiger partial charge is 0.306 e. The number of carbonyl (C=O) groups excluding carboxylic acids is 2. The molecule has 0 radical (unpaired) electrons. The van der Waals surface area contributed by atoms with Crippen LogP contribution in [0.15, 0.2) is 158 Å². The van der Waals surface area contributed by atoms with Gasteiger partial charge in [0.15, 0.2) is 6.10 Å². The van der Waals surface area contributed by atoms with Crippen LogP contribution in [-0.4, -0.2) is 37.9 Å². The van der Waals surface area contributed by atoms with Crippen LogP contribution in [-0.2, 0) is 23.8 Å². The normalized spacial score (nSPS) is 13.5. The first-order valence-electron chi connectivity index (χ1n) is 28.0. The van der Waals surface area contributed by atoms with Gasteiger partial charge >= 0.3 is 11.9 Å². The van der Waals surface area contributed by atoms with Gasteiger partial charge in [0.25, 0.3) is 0 Å². The van der Waals surface area contributed by atoms with Gasteiger partial charge in [-0.2, -0.15) is 0 Å². The largest absolute Gasteiger partial charge is 0.462 e. The van der Waals surface area contributed by atoms with Crippen molar-refractivity contribution in [1.82, 2.24) is 0 Å². The molecule has 0 aliphatic rings. The number of esters is 2. The molecule has 0 aromatic carbocycles. The van der Waals surface area contributed by atoms with E-state index in [9.17, 15) is 9.59 Å². The van der Waals surface area contributed by atoms with Crippen molar-refractivity contribution in [2.75, 3.05) is 19.8 Å². The zero-order valence-corrected chi connectivity index (χ0v) is 45.0.